The highest BCUT2D eigenvalue weighted by molar-refractivity contribution is 5.92. The highest BCUT2D eigenvalue weighted by Gasteiger charge is 2.28. The van der Waals surface area contributed by atoms with E-state index in [9.17, 15) is 9.59 Å². The Hall–Kier alpha value is -2.44. The Labute approximate surface area is 146 Å². The quantitative estimate of drug-likeness (QED) is 0.919. The fraction of sp³-hybridized carbons (Fsp3) is 0.556. The minimum Gasteiger partial charge on any atom is -0.337 e. The fourth-order valence-electron chi connectivity index (χ4n) is 3.75. The first-order chi connectivity index (χ1) is 12.2. The van der Waals surface area contributed by atoms with Crippen molar-refractivity contribution < 1.29 is 4.79 Å². The van der Waals surface area contributed by atoms with E-state index in [-0.39, 0.29) is 11.5 Å². The van der Waals surface area contributed by atoms with Gasteiger partial charge in [-0.05, 0) is 31.6 Å². The lowest BCUT2D eigenvalue weighted by Gasteiger charge is -2.32. The molecule has 0 bridgehead atoms. The largest absolute Gasteiger partial charge is 0.337 e. The Bertz CT molecular complexity index is 779. The Morgan fingerprint density at radius 2 is 2.00 bits per heavy atom. The smallest absolute Gasteiger partial charge is 0.273 e. The van der Waals surface area contributed by atoms with E-state index in [1.165, 1.54) is 31.3 Å². The lowest BCUT2D eigenvalue weighted by molar-refractivity contribution is 0.0703. The zero-order valence-electron chi connectivity index (χ0n) is 14.2. The third-order valence-corrected chi connectivity index (χ3v) is 5.47. The first kappa shape index (κ1) is 16.1. The molecule has 2 aromatic heterocycles. The number of nitrogens with zero attached hydrogens (tertiary/aromatic N) is 4. The lowest BCUT2D eigenvalue weighted by Crippen LogP contribution is -2.39. The Balaban J connectivity index is 1.38. The van der Waals surface area contributed by atoms with Crippen molar-refractivity contribution in [1.82, 2.24) is 24.4 Å². The molecule has 3 heterocycles. The number of piperidine rings is 1. The Morgan fingerprint density at radius 1 is 1.20 bits per heavy atom. The average molecular weight is 341 g/mol. The number of carbonyl (C=O) groups excluding carboxylic acids is 1. The van der Waals surface area contributed by atoms with Crippen LogP contribution >= 0.6 is 0 Å². The van der Waals surface area contributed by atoms with Gasteiger partial charge in [0, 0.05) is 44.1 Å². The summed E-state index contributed by atoms with van der Waals surface area (Å²) in [4.78, 5) is 36.4. The number of hydrogen-bond acceptors (Lipinski definition) is 4. The number of carbonyl (C=O) groups is 1. The SMILES string of the molecule is O=C(c1c[nH]c(=O)cn1)N1CCC(c2nccn2CC2CCC2)CC1. The van der Waals surface area contributed by atoms with Crippen LogP contribution in [0.2, 0.25) is 0 Å². The molecule has 2 fully saturated rings. The molecule has 0 aromatic carbocycles. The summed E-state index contributed by atoms with van der Waals surface area (Å²) < 4.78 is 2.31. The van der Waals surface area contributed by atoms with E-state index in [4.69, 9.17) is 0 Å². The van der Waals surface area contributed by atoms with Gasteiger partial charge in [-0.3, -0.25) is 9.59 Å². The summed E-state index contributed by atoms with van der Waals surface area (Å²) in [6.45, 7) is 2.47. The maximum absolute atomic E-state index is 12.5. The van der Waals surface area contributed by atoms with Gasteiger partial charge in [-0.15, -0.1) is 0 Å². The second-order valence-electron chi connectivity index (χ2n) is 7.10. The van der Waals surface area contributed by atoms with E-state index in [1.54, 1.807) is 0 Å². The van der Waals surface area contributed by atoms with Crippen molar-refractivity contribution in [3.8, 4) is 0 Å². The number of hydrogen-bond donors (Lipinski definition) is 1. The summed E-state index contributed by atoms with van der Waals surface area (Å²) in [6, 6.07) is 0. The van der Waals surface area contributed by atoms with E-state index in [2.05, 4.69) is 25.7 Å². The topological polar surface area (TPSA) is 83.9 Å². The van der Waals surface area contributed by atoms with Crippen molar-refractivity contribution in [1.29, 1.82) is 0 Å². The molecule has 1 N–H and O–H groups in total. The summed E-state index contributed by atoms with van der Waals surface area (Å²) >= 11 is 0. The van der Waals surface area contributed by atoms with Gasteiger partial charge in [0.2, 0.25) is 0 Å². The molecular weight excluding hydrogens is 318 g/mol. The van der Waals surface area contributed by atoms with Crippen molar-refractivity contribution in [2.45, 2.75) is 44.6 Å². The normalized spacial score (nSPS) is 19.0. The standard InChI is InChI=1S/C18H23N5O2/c24-16-11-20-15(10-21-16)18(25)22-7-4-14(5-8-22)17-19-6-9-23(17)12-13-2-1-3-13/h6,9-11,13-14H,1-5,7-8,12H2,(H,21,24). The van der Waals surface area contributed by atoms with Gasteiger partial charge in [-0.1, -0.05) is 6.42 Å². The van der Waals surface area contributed by atoms with Crippen LogP contribution in [0.25, 0.3) is 0 Å². The zero-order chi connectivity index (χ0) is 17.2. The van der Waals surface area contributed by atoms with Crippen LogP contribution in [0.5, 0.6) is 0 Å². The average Bonchev–Trinajstić information content (AvgIpc) is 3.07. The minimum atomic E-state index is -0.298. The summed E-state index contributed by atoms with van der Waals surface area (Å²) in [7, 11) is 0. The fourth-order valence-corrected chi connectivity index (χ4v) is 3.75. The van der Waals surface area contributed by atoms with Crippen LogP contribution in [-0.2, 0) is 6.54 Å². The van der Waals surface area contributed by atoms with E-state index in [0.29, 0.717) is 24.7 Å². The van der Waals surface area contributed by atoms with Gasteiger partial charge in [0.25, 0.3) is 11.5 Å². The summed E-state index contributed by atoms with van der Waals surface area (Å²) in [5, 5.41) is 0. The van der Waals surface area contributed by atoms with Crippen molar-refractivity contribution in [2.24, 2.45) is 5.92 Å². The number of nitrogens with one attached hydrogen (secondary N) is 1. The second-order valence-corrected chi connectivity index (χ2v) is 7.10. The maximum atomic E-state index is 12.5. The van der Waals surface area contributed by atoms with Gasteiger partial charge < -0.3 is 14.5 Å². The van der Waals surface area contributed by atoms with Crippen molar-refractivity contribution in [2.75, 3.05) is 13.1 Å². The third-order valence-electron chi connectivity index (χ3n) is 5.47. The molecule has 0 atom stereocenters. The number of likely N-dealkylation sites (tertiary alicyclic amines) is 1. The van der Waals surface area contributed by atoms with Crippen LogP contribution in [0, 0.1) is 5.92 Å². The molecule has 0 spiro atoms. The molecule has 4 rings (SSSR count). The molecule has 2 aliphatic rings. The molecule has 1 amide bonds. The monoisotopic (exact) mass is 341 g/mol. The van der Waals surface area contributed by atoms with Gasteiger partial charge in [-0.25, -0.2) is 9.97 Å². The van der Waals surface area contributed by atoms with Gasteiger partial charge in [0.1, 0.15) is 11.5 Å². The molecule has 25 heavy (non-hydrogen) atoms. The van der Waals surface area contributed by atoms with Gasteiger partial charge in [0.15, 0.2) is 0 Å². The van der Waals surface area contributed by atoms with E-state index < -0.39 is 0 Å². The minimum absolute atomic E-state index is 0.118. The number of aromatic nitrogens is 4. The number of H-pyrrole nitrogens is 1. The molecule has 0 radical (unpaired) electrons. The first-order valence-corrected chi connectivity index (χ1v) is 9.06. The van der Waals surface area contributed by atoms with E-state index >= 15 is 0 Å². The van der Waals surface area contributed by atoms with E-state index in [0.717, 1.165) is 31.5 Å². The van der Waals surface area contributed by atoms with Crippen molar-refractivity contribution in [3.63, 3.8) is 0 Å². The van der Waals surface area contributed by atoms with E-state index in [1.807, 2.05) is 11.1 Å². The molecule has 1 aliphatic carbocycles. The molecule has 0 unspecified atom stereocenters. The zero-order valence-corrected chi connectivity index (χ0v) is 14.2. The molecule has 1 saturated carbocycles. The number of rotatable bonds is 4. The van der Waals surface area contributed by atoms with Gasteiger partial charge in [-0.2, -0.15) is 0 Å². The first-order valence-electron chi connectivity index (χ1n) is 9.06. The predicted molar refractivity (Wildman–Crippen MR) is 92.3 cm³/mol. The molecule has 7 heteroatoms. The van der Waals surface area contributed by atoms with Gasteiger partial charge in [0.05, 0.1) is 6.20 Å². The summed E-state index contributed by atoms with van der Waals surface area (Å²) in [5.41, 5.74) is -0.00177. The summed E-state index contributed by atoms with van der Waals surface area (Å²) in [6.07, 6.45) is 12.4. The second kappa shape index (κ2) is 6.82. The number of amides is 1. The lowest BCUT2D eigenvalue weighted by atomic mass is 9.85. The molecule has 132 valence electrons. The van der Waals surface area contributed by atoms with Crippen LogP contribution in [0.4, 0.5) is 0 Å². The predicted octanol–water partition coefficient (Wildman–Crippen LogP) is 1.79. The maximum Gasteiger partial charge on any atom is 0.273 e. The Morgan fingerprint density at radius 3 is 2.64 bits per heavy atom. The number of aromatic amines is 1. The summed E-state index contributed by atoms with van der Waals surface area (Å²) in [5.74, 6) is 2.26. The highest BCUT2D eigenvalue weighted by atomic mass is 16.2. The van der Waals surface area contributed by atoms with Crippen molar-refractivity contribution >= 4 is 5.91 Å². The number of imidazole rings is 1. The van der Waals surface area contributed by atoms with Gasteiger partial charge >= 0.3 is 0 Å². The van der Waals surface area contributed by atoms with Crippen LogP contribution in [-0.4, -0.2) is 43.4 Å². The van der Waals surface area contributed by atoms with Crippen molar-refractivity contribution in [3.05, 3.63) is 46.7 Å². The third kappa shape index (κ3) is 3.36. The highest BCUT2D eigenvalue weighted by Crippen LogP contribution is 2.31. The molecule has 1 aliphatic heterocycles. The van der Waals surface area contributed by atoms with Crippen LogP contribution < -0.4 is 5.56 Å². The van der Waals surface area contributed by atoms with Crippen LogP contribution in [0.3, 0.4) is 0 Å². The van der Waals surface area contributed by atoms with Crippen LogP contribution in [0.15, 0.2) is 29.6 Å². The molecule has 1 saturated heterocycles. The molecule has 7 nitrogen and oxygen atoms in total. The molecular formula is C18H23N5O2. The molecule has 2 aromatic rings. The Kier molecular flexibility index (Phi) is 4.38. The van der Waals surface area contributed by atoms with Crippen LogP contribution in [0.1, 0.15) is 54.3 Å².